The molecule has 0 aliphatic carbocycles. The fraction of sp³-hybridized carbons (Fsp3) is 1.00. The highest BCUT2D eigenvalue weighted by Gasteiger charge is 2.68. The Labute approximate surface area is 93.6 Å². The summed E-state index contributed by atoms with van der Waals surface area (Å²) in [6, 6.07) is 0. The van der Waals surface area contributed by atoms with Crippen molar-refractivity contribution >= 4 is 7.60 Å². The largest absolute Gasteiger partial charge is 0.426 e. The lowest BCUT2D eigenvalue weighted by molar-refractivity contribution is -0.226. The molecule has 17 heavy (non-hydrogen) atoms. The second-order valence-electron chi connectivity index (χ2n) is 2.82. The van der Waals surface area contributed by atoms with Crippen LogP contribution in [-0.4, -0.2) is 31.2 Å². The van der Waals surface area contributed by atoms with Crippen LogP contribution in [0.1, 0.15) is 13.8 Å². The number of rotatable bonds is 6. The van der Waals surface area contributed by atoms with Crippen LogP contribution in [0.3, 0.4) is 0 Å². The van der Waals surface area contributed by atoms with E-state index in [0.29, 0.717) is 0 Å². The van der Waals surface area contributed by atoms with Crippen LogP contribution >= 0.6 is 7.60 Å². The topological polar surface area (TPSA) is 35.5 Å². The zero-order valence-electron chi connectivity index (χ0n) is 8.93. The second-order valence-corrected chi connectivity index (χ2v) is 4.93. The fourth-order valence-electron chi connectivity index (χ4n) is 0.885. The van der Waals surface area contributed by atoms with Crippen molar-refractivity contribution in [3.8, 4) is 0 Å². The molecule has 0 fully saturated rings. The molecule has 0 aromatic rings. The van der Waals surface area contributed by atoms with Crippen molar-refractivity contribution in [1.82, 2.24) is 0 Å². The van der Waals surface area contributed by atoms with Crippen molar-refractivity contribution < 1.29 is 40.0 Å². The molecule has 0 aliphatic heterocycles. The van der Waals surface area contributed by atoms with E-state index in [1.807, 2.05) is 0 Å². The van der Waals surface area contributed by atoms with E-state index < -0.39 is 38.8 Å². The molecule has 0 aliphatic rings. The summed E-state index contributed by atoms with van der Waals surface area (Å²) in [6.45, 7) is 1.03. The molecule has 0 saturated carbocycles. The predicted octanol–water partition coefficient (Wildman–Crippen LogP) is 3.75. The molecule has 10 heteroatoms. The summed E-state index contributed by atoms with van der Waals surface area (Å²) in [5, 5.41) is 0. The Morgan fingerprint density at radius 2 is 1.41 bits per heavy atom. The molecular weight excluding hydrogens is 277 g/mol. The maximum Gasteiger partial charge on any atom is 0.426 e. The first-order valence-corrected chi connectivity index (χ1v) is 6.05. The van der Waals surface area contributed by atoms with Crippen LogP contribution in [0.4, 0.5) is 26.3 Å². The third kappa shape index (κ3) is 3.59. The molecule has 1 atom stereocenters. The summed E-state index contributed by atoms with van der Waals surface area (Å²) in [7, 11) is -5.50. The summed E-state index contributed by atoms with van der Waals surface area (Å²) in [5.74, 6) is 0. The van der Waals surface area contributed by atoms with Crippen LogP contribution in [0, 0.1) is 0 Å². The maximum atomic E-state index is 13.1. The first-order valence-electron chi connectivity index (χ1n) is 4.50. The minimum Gasteiger partial charge on any atom is -0.305 e. The molecule has 0 aromatic heterocycles. The minimum absolute atomic E-state index is 0.600. The highest BCUT2D eigenvalue weighted by molar-refractivity contribution is 7.55. The summed E-state index contributed by atoms with van der Waals surface area (Å²) < 4.78 is 93.9. The van der Waals surface area contributed by atoms with Crippen molar-refractivity contribution in [2.75, 3.05) is 13.2 Å². The van der Waals surface area contributed by atoms with E-state index in [0.717, 1.165) is 13.8 Å². The van der Waals surface area contributed by atoms with Gasteiger partial charge in [-0.3, -0.25) is 4.57 Å². The first kappa shape index (κ1) is 16.7. The Bertz CT molecular complexity index is 282. The second kappa shape index (κ2) is 5.58. The van der Waals surface area contributed by atoms with Gasteiger partial charge in [-0.25, -0.2) is 4.39 Å². The summed E-state index contributed by atoms with van der Waals surface area (Å²) in [6.07, 6.45) is -10.5. The third-order valence-electron chi connectivity index (χ3n) is 1.56. The van der Waals surface area contributed by atoms with Gasteiger partial charge in [0.2, 0.25) is 0 Å². The van der Waals surface area contributed by atoms with Crippen LogP contribution in [0.15, 0.2) is 0 Å². The summed E-state index contributed by atoms with van der Waals surface area (Å²) >= 11 is 0. The number of halogens is 6. The lowest BCUT2D eigenvalue weighted by atomic mass is 10.4. The summed E-state index contributed by atoms with van der Waals surface area (Å²) in [5.41, 5.74) is -5.28. The Kier molecular flexibility index (Phi) is 5.49. The Morgan fingerprint density at radius 1 is 1.06 bits per heavy atom. The van der Waals surface area contributed by atoms with E-state index >= 15 is 0 Å². The van der Waals surface area contributed by atoms with Gasteiger partial charge in [-0.15, -0.1) is 0 Å². The normalized spacial score (nSPS) is 16.0. The van der Waals surface area contributed by atoms with Crippen LogP contribution in [0.25, 0.3) is 0 Å². The average molecular weight is 288 g/mol. The van der Waals surface area contributed by atoms with Crippen LogP contribution < -0.4 is 0 Å². The average Bonchev–Trinajstić information content (AvgIpc) is 2.15. The first-order chi connectivity index (χ1) is 7.53. The molecule has 1 unspecified atom stereocenters. The third-order valence-corrected chi connectivity index (χ3v) is 3.71. The van der Waals surface area contributed by atoms with E-state index in [4.69, 9.17) is 0 Å². The number of alkyl halides is 6. The molecule has 104 valence electrons. The van der Waals surface area contributed by atoms with Crippen molar-refractivity contribution in [1.29, 1.82) is 0 Å². The van der Waals surface area contributed by atoms with Crippen molar-refractivity contribution in [2.45, 2.75) is 31.9 Å². The molecule has 3 nitrogen and oxygen atoms in total. The standard InChI is InChI=1S/C7H11F6O3P/c1-3-15-17(14,16-4-2)7(12,13)5(8)6(9,10)11/h5H,3-4H2,1-2H3. The van der Waals surface area contributed by atoms with Crippen LogP contribution in [-0.2, 0) is 13.6 Å². The van der Waals surface area contributed by atoms with Crippen LogP contribution in [0.5, 0.6) is 0 Å². The Balaban J connectivity index is 5.29. The van der Waals surface area contributed by atoms with Gasteiger partial charge in [0.1, 0.15) is 0 Å². The quantitative estimate of drug-likeness (QED) is 0.551. The highest BCUT2D eigenvalue weighted by Crippen LogP contribution is 2.65. The maximum absolute atomic E-state index is 13.1. The summed E-state index contributed by atoms with van der Waals surface area (Å²) in [4.78, 5) is 0. The number of hydrogen-bond donors (Lipinski definition) is 0. The van der Waals surface area contributed by atoms with Gasteiger partial charge >= 0.3 is 19.4 Å². The van der Waals surface area contributed by atoms with E-state index in [-0.39, 0.29) is 0 Å². The van der Waals surface area contributed by atoms with E-state index in [9.17, 15) is 30.9 Å². The van der Waals surface area contributed by atoms with Gasteiger partial charge in [0, 0.05) is 0 Å². The smallest absolute Gasteiger partial charge is 0.305 e. The Morgan fingerprint density at radius 3 is 1.65 bits per heavy atom. The van der Waals surface area contributed by atoms with Gasteiger partial charge in [0.05, 0.1) is 13.2 Å². The van der Waals surface area contributed by atoms with Gasteiger partial charge in [0.15, 0.2) is 0 Å². The lowest BCUT2D eigenvalue weighted by Crippen LogP contribution is -2.42. The molecule has 0 spiro atoms. The molecule has 0 radical (unpaired) electrons. The van der Waals surface area contributed by atoms with E-state index in [2.05, 4.69) is 9.05 Å². The molecular formula is C7H11F6O3P. The van der Waals surface area contributed by atoms with Gasteiger partial charge in [-0.2, -0.15) is 22.0 Å². The molecule has 0 heterocycles. The monoisotopic (exact) mass is 288 g/mol. The number of hydrogen-bond acceptors (Lipinski definition) is 3. The van der Waals surface area contributed by atoms with E-state index in [1.54, 1.807) is 0 Å². The highest BCUT2D eigenvalue weighted by atomic mass is 31.2. The molecule has 0 N–H and O–H groups in total. The van der Waals surface area contributed by atoms with Gasteiger partial charge in [-0.05, 0) is 13.8 Å². The zero-order chi connectivity index (χ0) is 13.9. The molecule has 0 saturated heterocycles. The Hall–Kier alpha value is -0.270. The zero-order valence-corrected chi connectivity index (χ0v) is 9.83. The van der Waals surface area contributed by atoms with Crippen molar-refractivity contribution in [2.24, 2.45) is 0 Å². The van der Waals surface area contributed by atoms with Gasteiger partial charge < -0.3 is 9.05 Å². The minimum atomic E-state index is -5.85. The fourth-order valence-corrected chi connectivity index (χ4v) is 2.41. The molecule has 0 aromatic carbocycles. The predicted molar refractivity (Wildman–Crippen MR) is 46.8 cm³/mol. The van der Waals surface area contributed by atoms with Crippen LogP contribution in [0.2, 0.25) is 0 Å². The van der Waals surface area contributed by atoms with E-state index in [1.165, 1.54) is 0 Å². The molecule has 0 amide bonds. The molecule has 0 rings (SSSR count). The molecule has 0 bridgehead atoms. The van der Waals surface area contributed by atoms with Crippen molar-refractivity contribution in [3.63, 3.8) is 0 Å². The SMILES string of the molecule is CCOP(=O)(OCC)C(F)(F)C(F)C(F)(F)F. The van der Waals surface area contributed by atoms with Gasteiger partial charge in [-0.1, -0.05) is 0 Å². The van der Waals surface area contributed by atoms with Crippen molar-refractivity contribution in [3.05, 3.63) is 0 Å². The van der Waals surface area contributed by atoms with Gasteiger partial charge in [0.25, 0.3) is 6.17 Å². The lowest BCUT2D eigenvalue weighted by Gasteiger charge is -2.28.